The third-order valence-electron chi connectivity index (χ3n) is 7.57. The summed E-state index contributed by atoms with van der Waals surface area (Å²) in [6.45, 7) is 4.43. The minimum atomic E-state index is -0.373. The Bertz CT molecular complexity index is 1090. The third kappa shape index (κ3) is 3.83. The molecule has 0 saturated carbocycles. The van der Waals surface area contributed by atoms with Gasteiger partial charge < -0.3 is 14.6 Å². The monoisotopic (exact) mass is 448 g/mol. The van der Waals surface area contributed by atoms with E-state index in [-0.39, 0.29) is 42.0 Å². The summed E-state index contributed by atoms with van der Waals surface area (Å²) in [5, 5.41) is 10.5. The van der Waals surface area contributed by atoms with Gasteiger partial charge in [-0.25, -0.2) is 0 Å². The molecule has 3 aliphatic rings. The zero-order valence-corrected chi connectivity index (χ0v) is 19.1. The van der Waals surface area contributed by atoms with Gasteiger partial charge in [-0.15, -0.1) is 0 Å². The number of pyridine rings is 2. The Kier molecular flexibility index (Phi) is 6.17. The van der Waals surface area contributed by atoms with Gasteiger partial charge >= 0.3 is 0 Å². The molecule has 0 radical (unpaired) electrons. The van der Waals surface area contributed by atoms with Gasteiger partial charge in [0.15, 0.2) is 0 Å². The number of aliphatic hydroxyl groups is 1. The molecular formula is C26H32N4O3. The molecule has 1 amide bonds. The number of piperidine rings is 1. The van der Waals surface area contributed by atoms with Crippen molar-refractivity contribution < 1.29 is 9.90 Å². The molecule has 0 aliphatic carbocycles. The lowest BCUT2D eigenvalue weighted by Crippen LogP contribution is -2.46. The Balaban J connectivity index is 1.60. The van der Waals surface area contributed by atoms with Crippen LogP contribution in [-0.4, -0.2) is 56.1 Å². The Hall–Kier alpha value is -2.77. The highest BCUT2D eigenvalue weighted by molar-refractivity contribution is 5.81. The van der Waals surface area contributed by atoms with Crippen molar-refractivity contribution in [1.82, 2.24) is 19.4 Å². The smallest absolute Gasteiger partial charge is 0.258 e. The zero-order chi connectivity index (χ0) is 22.9. The second-order valence-electron chi connectivity index (χ2n) is 9.39. The number of aliphatic hydroxyl groups excluding tert-OH is 1. The van der Waals surface area contributed by atoms with E-state index in [0.717, 1.165) is 43.7 Å². The largest absolute Gasteiger partial charge is 0.396 e. The topological polar surface area (TPSA) is 78.7 Å². The molecule has 0 aromatic carbocycles. The number of carbonyl (C=O) groups is 1. The number of hydrogen-bond donors (Lipinski definition) is 1. The molecule has 1 N–H and O–H groups in total. The van der Waals surface area contributed by atoms with Crippen molar-refractivity contribution in [1.29, 1.82) is 0 Å². The van der Waals surface area contributed by atoms with E-state index in [0.29, 0.717) is 18.7 Å². The molecule has 0 unspecified atom stereocenters. The minimum absolute atomic E-state index is 0.0270. The van der Waals surface area contributed by atoms with E-state index >= 15 is 0 Å². The molecule has 5 heterocycles. The average molecular weight is 449 g/mol. The lowest BCUT2D eigenvalue weighted by Gasteiger charge is -2.38. The number of aromatic nitrogens is 2. The Morgan fingerprint density at radius 2 is 2.00 bits per heavy atom. The van der Waals surface area contributed by atoms with Crippen LogP contribution in [0.5, 0.6) is 0 Å². The van der Waals surface area contributed by atoms with E-state index in [1.54, 1.807) is 6.20 Å². The van der Waals surface area contributed by atoms with Crippen LogP contribution in [0.4, 0.5) is 0 Å². The van der Waals surface area contributed by atoms with E-state index in [2.05, 4.69) is 9.88 Å². The van der Waals surface area contributed by atoms with Gasteiger partial charge in [0.25, 0.3) is 5.56 Å². The SMILES string of the molecule is CC=Cc1ccc2n(c1=O)C[C@@H]1[C@@H](CO)[C@H](C(=O)N3CCCCC3)[C@H]2N1Cc1ccccn1. The van der Waals surface area contributed by atoms with Crippen molar-refractivity contribution in [2.45, 2.75) is 51.4 Å². The van der Waals surface area contributed by atoms with Gasteiger partial charge in [0.05, 0.1) is 17.7 Å². The van der Waals surface area contributed by atoms with Gasteiger partial charge in [0.1, 0.15) is 0 Å². The number of likely N-dealkylation sites (tertiary alicyclic amines) is 1. The summed E-state index contributed by atoms with van der Waals surface area (Å²) in [5.41, 5.74) is 2.42. The normalized spacial score (nSPS) is 27.2. The van der Waals surface area contributed by atoms with E-state index in [9.17, 15) is 14.7 Å². The van der Waals surface area contributed by atoms with Gasteiger partial charge in [0.2, 0.25) is 5.91 Å². The van der Waals surface area contributed by atoms with Crippen LogP contribution in [0.2, 0.25) is 0 Å². The number of fused-ring (bicyclic) bond motifs is 4. The van der Waals surface area contributed by atoms with Gasteiger partial charge in [0, 0.05) is 62.2 Å². The van der Waals surface area contributed by atoms with Crippen molar-refractivity contribution in [3.05, 3.63) is 69.9 Å². The summed E-state index contributed by atoms with van der Waals surface area (Å²) in [4.78, 5) is 35.9. The maximum Gasteiger partial charge on any atom is 0.258 e. The van der Waals surface area contributed by atoms with Gasteiger partial charge in [-0.2, -0.15) is 0 Å². The van der Waals surface area contributed by atoms with Crippen LogP contribution in [0.1, 0.15) is 49.2 Å². The zero-order valence-electron chi connectivity index (χ0n) is 19.1. The van der Waals surface area contributed by atoms with E-state index in [4.69, 9.17) is 0 Å². The lowest BCUT2D eigenvalue weighted by atomic mass is 9.85. The first-order chi connectivity index (χ1) is 16.1. The molecule has 174 valence electrons. The second-order valence-corrected chi connectivity index (χ2v) is 9.39. The van der Waals surface area contributed by atoms with Crippen molar-refractivity contribution in [2.24, 2.45) is 11.8 Å². The molecule has 2 aromatic heterocycles. The van der Waals surface area contributed by atoms with Crippen molar-refractivity contribution in [3.8, 4) is 0 Å². The van der Waals surface area contributed by atoms with Crippen LogP contribution >= 0.6 is 0 Å². The predicted molar refractivity (Wildman–Crippen MR) is 126 cm³/mol. The molecule has 2 fully saturated rings. The third-order valence-corrected chi connectivity index (χ3v) is 7.57. The highest BCUT2D eigenvalue weighted by Crippen LogP contribution is 2.49. The summed E-state index contributed by atoms with van der Waals surface area (Å²) >= 11 is 0. The van der Waals surface area contributed by atoms with Gasteiger partial charge in [-0.1, -0.05) is 18.2 Å². The van der Waals surface area contributed by atoms with Crippen molar-refractivity contribution in [3.63, 3.8) is 0 Å². The van der Waals surface area contributed by atoms with Crippen LogP contribution in [-0.2, 0) is 17.9 Å². The van der Waals surface area contributed by atoms with Crippen LogP contribution in [0.15, 0.2) is 47.4 Å². The summed E-state index contributed by atoms with van der Waals surface area (Å²) in [6, 6.07) is 9.35. The summed E-state index contributed by atoms with van der Waals surface area (Å²) in [5.74, 6) is -0.481. The summed E-state index contributed by atoms with van der Waals surface area (Å²) in [6.07, 6.45) is 8.68. The fourth-order valence-electron chi connectivity index (χ4n) is 6.05. The summed E-state index contributed by atoms with van der Waals surface area (Å²) in [7, 11) is 0. The molecular weight excluding hydrogens is 416 g/mol. The predicted octanol–water partition coefficient (Wildman–Crippen LogP) is 2.45. The van der Waals surface area contributed by atoms with Crippen molar-refractivity contribution >= 4 is 12.0 Å². The molecule has 2 bridgehead atoms. The number of rotatable bonds is 5. The first kappa shape index (κ1) is 22.0. The molecule has 2 aromatic rings. The maximum absolute atomic E-state index is 13.8. The van der Waals surface area contributed by atoms with Crippen LogP contribution < -0.4 is 5.56 Å². The number of nitrogens with zero attached hydrogens (tertiary/aromatic N) is 4. The fraction of sp³-hybridized carbons (Fsp3) is 0.500. The molecule has 7 nitrogen and oxygen atoms in total. The first-order valence-electron chi connectivity index (χ1n) is 12.1. The maximum atomic E-state index is 13.8. The summed E-state index contributed by atoms with van der Waals surface area (Å²) < 4.78 is 1.84. The average Bonchev–Trinajstić information content (AvgIpc) is 3.05. The number of carbonyl (C=O) groups excluding carboxylic acids is 1. The minimum Gasteiger partial charge on any atom is -0.396 e. The van der Waals surface area contributed by atoms with Crippen LogP contribution in [0, 0.1) is 11.8 Å². The van der Waals surface area contributed by atoms with Crippen LogP contribution in [0.3, 0.4) is 0 Å². The number of allylic oxidation sites excluding steroid dienone is 1. The van der Waals surface area contributed by atoms with Gasteiger partial charge in [-0.3, -0.25) is 19.5 Å². The van der Waals surface area contributed by atoms with Crippen molar-refractivity contribution in [2.75, 3.05) is 19.7 Å². The van der Waals surface area contributed by atoms with E-state index in [1.165, 1.54) is 0 Å². The van der Waals surface area contributed by atoms with Crippen LogP contribution in [0.25, 0.3) is 6.08 Å². The lowest BCUT2D eigenvalue weighted by molar-refractivity contribution is -0.139. The molecule has 33 heavy (non-hydrogen) atoms. The van der Waals surface area contributed by atoms with E-state index < -0.39 is 0 Å². The highest BCUT2D eigenvalue weighted by atomic mass is 16.3. The molecule has 2 saturated heterocycles. The Morgan fingerprint density at radius 3 is 2.70 bits per heavy atom. The second kappa shape index (κ2) is 9.23. The number of amides is 1. The Labute approximate surface area is 194 Å². The standard InChI is InChI=1S/C26H32N4O3/c1-2-8-18-10-11-21-24-23(26(33)28-13-6-3-7-14-28)20(17-31)22(16-30(21)25(18)32)29(24)15-19-9-4-5-12-27-19/h2,4-5,8-12,20,22-24,31H,3,6-7,13-17H2,1H3/t20-,22-,23+,24+/m1/s1. The molecule has 4 atom stereocenters. The molecule has 0 spiro atoms. The van der Waals surface area contributed by atoms with Gasteiger partial charge in [-0.05, 0) is 50.5 Å². The molecule has 3 aliphatic heterocycles. The highest BCUT2D eigenvalue weighted by Gasteiger charge is 2.56. The molecule has 5 rings (SSSR count). The molecule has 7 heteroatoms. The number of hydrogen-bond acceptors (Lipinski definition) is 5. The van der Waals surface area contributed by atoms with E-state index in [1.807, 2.05) is 58.9 Å². The first-order valence-corrected chi connectivity index (χ1v) is 12.1. The quantitative estimate of drug-likeness (QED) is 0.760. The Morgan fingerprint density at radius 1 is 1.18 bits per heavy atom. The fourth-order valence-corrected chi connectivity index (χ4v) is 6.05.